The fraction of sp³-hybridized carbons (Fsp3) is 0.400. The van der Waals surface area contributed by atoms with E-state index in [9.17, 15) is 8.76 Å². The molecule has 0 fully saturated rings. The minimum absolute atomic E-state index is 0.266. The van der Waals surface area contributed by atoms with Gasteiger partial charge in [-0.25, -0.2) is 0 Å². The topological polar surface area (TPSA) is 57.9 Å². The third-order valence-electron chi connectivity index (χ3n) is 1.37. The van der Waals surface area contributed by atoms with Gasteiger partial charge in [-0.15, -0.1) is 0 Å². The molecule has 1 aromatic heterocycles. The average Bonchev–Trinajstić information content (AvgIpc) is 2.14. The lowest BCUT2D eigenvalue weighted by molar-refractivity contribution is 0.536. The molecule has 1 unspecified atom stereocenters. The first-order valence-electron chi connectivity index (χ1n) is 2.71. The summed E-state index contributed by atoms with van der Waals surface area (Å²) in [6.07, 6.45) is 1.33. The zero-order valence-electron chi connectivity index (χ0n) is 5.70. The number of hydrogen-bond acceptors (Lipinski definition) is 3. The number of aromatic nitrogens is 2. The fourth-order valence-corrected chi connectivity index (χ4v) is 1.15. The van der Waals surface area contributed by atoms with Crippen molar-refractivity contribution in [1.29, 1.82) is 0 Å². The van der Waals surface area contributed by atoms with Crippen LogP contribution in [0, 0.1) is 6.92 Å². The standard InChI is InChI=1S/C5H8N2O2S/c1-4-5(10(8)9)3-6-7(4)2/h3H,1-2H3,(H,8,9)/p-1. The van der Waals surface area contributed by atoms with E-state index < -0.39 is 11.1 Å². The Labute approximate surface area is 61.1 Å². The van der Waals surface area contributed by atoms with Crippen LogP contribution < -0.4 is 0 Å². The maximum Gasteiger partial charge on any atom is 0.0657 e. The van der Waals surface area contributed by atoms with Gasteiger partial charge in [0.1, 0.15) is 0 Å². The first-order valence-corrected chi connectivity index (χ1v) is 3.78. The second-order valence-electron chi connectivity index (χ2n) is 1.95. The highest BCUT2D eigenvalue weighted by Gasteiger charge is 2.01. The number of nitrogens with zero attached hydrogens (tertiary/aromatic N) is 2. The summed E-state index contributed by atoms with van der Waals surface area (Å²) in [7, 11) is 1.70. The van der Waals surface area contributed by atoms with E-state index in [0.29, 0.717) is 5.69 Å². The Morgan fingerprint density at radius 3 is 2.60 bits per heavy atom. The summed E-state index contributed by atoms with van der Waals surface area (Å²) in [5.74, 6) is 0. The Bertz CT molecular complexity index is 269. The molecule has 0 radical (unpaired) electrons. The van der Waals surface area contributed by atoms with Crippen LogP contribution in [0.1, 0.15) is 5.69 Å². The number of hydrogen-bond donors (Lipinski definition) is 0. The van der Waals surface area contributed by atoms with Crippen LogP contribution in [0.2, 0.25) is 0 Å². The third kappa shape index (κ3) is 1.10. The molecule has 0 saturated carbocycles. The minimum Gasteiger partial charge on any atom is -0.768 e. The maximum atomic E-state index is 10.4. The molecule has 0 aliphatic carbocycles. The second kappa shape index (κ2) is 2.51. The van der Waals surface area contributed by atoms with Crippen molar-refractivity contribution in [1.82, 2.24) is 9.78 Å². The average molecular weight is 159 g/mol. The van der Waals surface area contributed by atoms with Crippen LogP contribution in [0.5, 0.6) is 0 Å². The largest absolute Gasteiger partial charge is 0.768 e. The molecule has 56 valence electrons. The first kappa shape index (κ1) is 7.43. The molecule has 0 N–H and O–H groups in total. The Balaban J connectivity index is 3.17. The van der Waals surface area contributed by atoms with Crippen LogP contribution in [0.15, 0.2) is 11.1 Å². The summed E-state index contributed by atoms with van der Waals surface area (Å²) in [5, 5.41) is 3.76. The summed E-state index contributed by atoms with van der Waals surface area (Å²) in [4.78, 5) is 0.266. The zero-order valence-corrected chi connectivity index (χ0v) is 6.51. The Morgan fingerprint density at radius 2 is 2.40 bits per heavy atom. The normalized spacial score (nSPS) is 13.5. The number of rotatable bonds is 1. The van der Waals surface area contributed by atoms with Gasteiger partial charge in [0.15, 0.2) is 0 Å². The van der Waals surface area contributed by atoms with Crippen molar-refractivity contribution in [3.63, 3.8) is 0 Å². The highest BCUT2D eigenvalue weighted by molar-refractivity contribution is 7.79. The smallest absolute Gasteiger partial charge is 0.0657 e. The summed E-state index contributed by atoms with van der Waals surface area (Å²) < 4.78 is 22.3. The molecule has 5 heteroatoms. The Kier molecular flexibility index (Phi) is 1.87. The van der Waals surface area contributed by atoms with Gasteiger partial charge in [0.05, 0.1) is 11.1 Å². The van der Waals surface area contributed by atoms with Crippen molar-refractivity contribution in [3.05, 3.63) is 11.9 Å². The van der Waals surface area contributed by atoms with Gasteiger partial charge in [-0.3, -0.25) is 8.89 Å². The van der Waals surface area contributed by atoms with Crippen LogP contribution >= 0.6 is 0 Å². The van der Waals surface area contributed by atoms with Crippen molar-refractivity contribution in [2.24, 2.45) is 7.05 Å². The molecule has 1 heterocycles. The van der Waals surface area contributed by atoms with Crippen LogP contribution in [-0.2, 0) is 18.1 Å². The third-order valence-corrected chi connectivity index (χ3v) is 2.13. The molecule has 0 amide bonds. The molecule has 0 aromatic carbocycles. The molecular formula is C5H7N2O2S-. The quantitative estimate of drug-likeness (QED) is 0.540. The van der Waals surface area contributed by atoms with Gasteiger partial charge in [0.25, 0.3) is 0 Å². The Morgan fingerprint density at radius 1 is 1.80 bits per heavy atom. The van der Waals surface area contributed by atoms with Gasteiger partial charge in [0, 0.05) is 12.7 Å². The van der Waals surface area contributed by atoms with Crippen molar-refractivity contribution < 1.29 is 8.76 Å². The zero-order chi connectivity index (χ0) is 7.72. The van der Waals surface area contributed by atoms with Gasteiger partial charge >= 0.3 is 0 Å². The summed E-state index contributed by atoms with van der Waals surface area (Å²) >= 11 is -2.15. The molecule has 0 aliphatic rings. The molecule has 0 spiro atoms. The first-order chi connectivity index (χ1) is 4.63. The van der Waals surface area contributed by atoms with Crippen LogP contribution in [-0.4, -0.2) is 18.5 Å². The van der Waals surface area contributed by atoms with Crippen LogP contribution in [0.3, 0.4) is 0 Å². The van der Waals surface area contributed by atoms with E-state index in [2.05, 4.69) is 5.10 Å². The highest BCUT2D eigenvalue weighted by atomic mass is 32.2. The van der Waals surface area contributed by atoms with E-state index in [1.54, 1.807) is 14.0 Å². The molecule has 0 aliphatic heterocycles. The lowest BCUT2D eigenvalue weighted by Crippen LogP contribution is -1.95. The summed E-state index contributed by atoms with van der Waals surface area (Å²) in [6, 6.07) is 0. The SMILES string of the molecule is Cc1c(S(=O)[O-])cnn1C. The van der Waals surface area contributed by atoms with E-state index in [4.69, 9.17) is 0 Å². The molecule has 1 rings (SSSR count). The van der Waals surface area contributed by atoms with E-state index in [1.807, 2.05) is 0 Å². The van der Waals surface area contributed by atoms with Crippen LogP contribution in [0.25, 0.3) is 0 Å². The number of aryl methyl sites for hydroxylation is 1. The lowest BCUT2D eigenvalue weighted by atomic mass is 10.5. The molecule has 1 aromatic rings. The predicted molar refractivity (Wildman–Crippen MR) is 35.1 cm³/mol. The molecule has 4 nitrogen and oxygen atoms in total. The summed E-state index contributed by atoms with van der Waals surface area (Å²) in [5.41, 5.74) is 0.660. The minimum atomic E-state index is -2.15. The molecule has 0 bridgehead atoms. The molecule has 1 atom stereocenters. The second-order valence-corrected chi connectivity index (χ2v) is 2.86. The van der Waals surface area contributed by atoms with E-state index >= 15 is 0 Å². The molecule has 0 saturated heterocycles. The van der Waals surface area contributed by atoms with Crippen LogP contribution in [0.4, 0.5) is 0 Å². The van der Waals surface area contributed by atoms with Gasteiger partial charge in [0.2, 0.25) is 0 Å². The monoisotopic (exact) mass is 159 g/mol. The van der Waals surface area contributed by atoms with Gasteiger partial charge in [-0.05, 0) is 18.0 Å². The molecular weight excluding hydrogens is 152 g/mol. The van der Waals surface area contributed by atoms with Gasteiger partial charge < -0.3 is 4.55 Å². The Hall–Kier alpha value is -0.680. The van der Waals surface area contributed by atoms with E-state index in [1.165, 1.54) is 10.9 Å². The predicted octanol–water partition coefficient (Wildman–Crippen LogP) is -0.0335. The molecule has 10 heavy (non-hydrogen) atoms. The van der Waals surface area contributed by atoms with Crippen molar-refractivity contribution in [3.8, 4) is 0 Å². The van der Waals surface area contributed by atoms with Gasteiger partial charge in [-0.2, -0.15) is 5.10 Å². The lowest BCUT2D eigenvalue weighted by Gasteiger charge is -2.01. The van der Waals surface area contributed by atoms with E-state index in [0.717, 1.165) is 0 Å². The van der Waals surface area contributed by atoms with Crippen molar-refractivity contribution in [2.45, 2.75) is 11.8 Å². The fourth-order valence-electron chi connectivity index (χ4n) is 0.642. The van der Waals surface area contributed by atoms with Crippen molar-refractivity contribution in [2.75, 3.05) is 0 Å². The van der Waals surface area contributed by atoms with Gasteiger partial charge in [-0.1, -0.05) is 0 Å². The van der Waals surface area contributed by atoms with E-state index in [-0.39, 0.29) is 4.90 Å². The summed E-state index contributed by atoms with van der Waals surface area (Å²) in [6.45, 7) is 1.71. The highest BCUT2D eigenvalue weighted by Crippen LogP contribution is 2.08. The van der Waals surface area contributed by atoms with Crippen molar-refractivity contribution >= 4 is 11.1 Å². The maximum absolute atomic E-state index is 10.4.